The van der Waals surface area contributed by atoms with Gasteiger partial charge in [-0.1, -0.05) is 83.1 Å². The molecule has 7 unspecified atom stereocenters. The van der Waals surface area contributed by atoms with Gasteiger partial charge in [-0.3, -0.25) is 16.3 Å². The molecule has 7 atom stereocenters. The molecular formula is C36H95N11O2. The van der Waals surface area contributed by atoms with E-state index in [-0.39, 0.29) is 25.5 Å². The Balaban J connectivity index is -0.0000000534. The quantitative estimate of drug-likeness (QED) is 0.0302. The predicted octanol–water partition coefficient (Wildman–Crippen LogP) is 7.11. The van der Waals surface area contributed by atoms with Gasteiger partial charge in [-0.25, -0.2) is 5.48 Å². The molecule has 13 heteroatoms. The first-order valence-electron chi connectivity index (χ1n) is 18.1. The SMILES string of the molecule is C.CCC(C)=N.CCC(C)C=NO.CCC(C)CN.CCC(C)N.CCC(C)N.CCC(C)N=C(N)N.CCC(C)NN.CCC(C)NO. The molecule has 0 fully saturated rings. The van der Waals surface area contributed by atoms with Crippen molar-refractivity contribution in [2.45, 2.75) is 200 Å². The first-order valence-corrected chi connectivity index (χ1v) is 18.1. The van der Waals surface area contributed by atoms with Crippen LogP contribution in [0.4, 0.5) is 0 Å². The third-order valence-corrected chi connectivity index (χ3v) is 6.57. The van der Waals surface area contributed by atoms with Gasteiger partial charge in [0.05, 0.1) is 6.04 Å². The third kappa shape index (κ3) is 122. The van der Waals surface area contributed by atoms with Crippen LogP contribution in [-0.4, -0.2) is 65.1 Å². The number of hydroxylamine groups is 1. The maximum absolute atomic E-state index is 8.08. The molecule has 0 rings (SSSR count). The van der Waals surface area contributed by atoms with Crippen molar-refractivity contribution in [1.29, 1.82) is 5.41 Å². The van der Waals surface area contributed by atoms with Crippen molar-refractivity contribution in [3.8, 4) is 0 Å². The zero-order chi connectivity index (χ0) is 40.1. The first-order chi connectivity index (χ1) is 22.2. The summed E-state index contributed by atoms with van der Waals surface area (Å²) in [5, 5.41) is 25.6. The Morgan fingerprint density at radius 1 is 0.735 bits per heavy atom. The summed E-state index contributed by atoms with van der Waals surface area (Å²) in [5.74, 6) is 6.33. The van der Waals surface area contributed by atoms with Crippen LogP contribution < -0.4 is 45.4 Å². The number of nitrogens with zero attached hydrogens (tertiary/aromatic N) is 2. The molecule has 0 saturated carbocycles. The molecule has 0 aromatic heterocycles. The number of hydrogen-bond acceptors (Lipinski definition) is 11. The van der Waals surface area contributed by atoms with Gasteiger partial charge in [-0.05, 0) is 105 Å². The molecule has 0 aromatic carbocycles. The summed E-state index contributed by atoms with van der Waals surface area (Å²) in [4.78, 5) is 3.87. The largest absolute Gasteiger partial charge is 0.411 e. The zero-order valence-corrected chi connectivity index (χ0v) is 34.7. The summed E-state index contributed by atoms with van der Waals surface area (Å²) in [7, 11) is 0. The Kier molecular flexibility index (Phi) is 86.4. The average Bonchev–Trinajstić information content (AvgIpc) is 3.08. The third-order valence-electron chi connectivity index (χ3n) is 6.57. The molecule has 0 amide bonds. The summed E-state index contributed by atoms with van der Waals surface area (Å²) in [6.07, 6.45) is 9.87. The molecule has 306 valence electrons. The highest BCUT2D eigenvalue weighted by molar-refractivity contribution is 5.78. The average molecular weight is 714 g/mol. The highest BCUT2D eigenvalue weighted by Crippen LogP contribution is 1.94. The fourth-order valence-corrected chi connectivity index (χ4v) is 0.941. The van der Waals surface area contributed by atoms with Gasteiger partial charge in [0.2, 0.25) is 0 Å². The minimum absolute atomic E-state index is 0. The van der Waals surface area contributed by atoms with E-state index < -0.39 is 0 Å². The van der Waals surface area contributed by atoms with E-state index in [2.05, 4.69) is 55.7 Å². The molecule has 0 aliphatic heterocycles. The second-order valence-corrected chi connectivity index (χ2v) is 12.0. The van der Waals surface area contributed by atoms with Crippen molar-refractivity contribution in [2.75, 3.05) is 6.54 Å². The first kappa shape index (κ1) is 69.0. The Bertz CT molecular complexity index is 562. The molecule has 0 radical (unpaired) electrons. The predicted molar refractivity (Wildman–Crippen MR) is 224 cm³/mol. The van der Waals surface area contributed by atoms with E-state index >= 15 is 0 Å². The molecule has 0 spiro atoms. The fourth-order valence-electron chi connectivity index (χ4n) is 0.941. The Hall–Kier alpha value is -1.87. The van der Waals surface area contributed by atoms with Gasteiger partial charge < -0.3 is 44.5 Å². The molecule has 49 heavy (non-hydrogen) atoms. The molecule has 13 nitrogen and oxygen atoms in total. The van der Waals surface area contributed by atoms with E-state index in [1.54, 1.807) is 6.92 Å². The van der Waals surface area contributed by atoms with Gasteiger partial charge in [0.15, 0.2) is 5.96 Å². The maximum Gasteiger partial charge on any atom is 0.186 e. The summed E-state index contributed by atoms with van der Waals surface area (Å²) in [6.45, 7) is 33.2. The lowest BCUT2D eigenvalue weighted by Crippen LogP contribution is -2.31. The number of nitrogens with one attached hydrogen (secondary N) is 3. The Labute approximate surface area is 307 Å². The lowest BCUT2D eigenvalue weighted by atomic mass is 10.1. The van der Waals surface area contributed by atoms with Crippen LogP contribution in [0.15, 0.2) is 10.1 Å². The molecule has 17 N–H and O–H groups in total. The van der Waals surface area contributed by atoms with Crippen molar-refractivity contribution >= 4 is 17.9 Å². The summed E-state index contributed by atoms with van der Waals surface area (Å²) in [6, 6.07) is 1.74. The minimum Gasteiger partial charge on any atom is -0.411 e. The number of rotatable bonds is 13. The smallest absolute Gasteiger partial charge is 0.186 e. The van der Waals surface area contributed by atoms with E-state index in [4.69, 9.17) is 50.3 Å². The van der Waals surface area contributed by atoms with Crippen molar-refractivity contribution < 1.29 is 10.4 Å². The molecular weight excluding hydrogens is 618 g/mol. The van der Waals surface area contributed by atoms with E-state index in [9.17, 15) is 0 Å². The van der Waals surface area contributed by atoms with Gasteiger partial charge >= 0.3 is 0 Å². The van der Waals surface area contributed by atoms with E-state index in [1.807, 2.05) is 69.2 Å². The maximum atomic E-state index is 8.08. The number of guanidine groups is 1. The van der Waals surface area contributed by atoms with E-state index in [0.717, 1.165) is 57.2 Å². The zero-order valence-electron chi connectivity index (χ0n) is 34.7. The van der Waals surface area contributed by atoms with Crippen molar-refractivity contribution in [3.05, 3.63) is 0 Å². The van der Waals surface area contributed by atoms with Crippen LogP contribution in [0.3, 0.4) is 0 Å². The summed E-state index contributed by atoms with van der Waals surface area (Å²) >= 11 is 0. The van der Waals surface area contributed by atoms with Crippen LogP contribution in [0.25, 0.3) is 0 Å². The van der Waals surface area contributed by atoms with Gasteiger partial charge in [0.25, 0.3) is 0 Å². The second-order valence-electron chi connectivity index (χ2n) is 12.0. The van der Waals surface area contributed by atoms with Gasteiger partial charge in [0.1, 0.15) is 0 Å². The second kappa shape index (κ2) is 61.4. The minimum atomic E-state index is 0. The number of hydrogen-bond donors (Lipinski definition) is 11. The van der Waals surface area contributed by atoms with Crippen molar-refractivity contribution in [1.82, 2.24) is 10.9 Å². The van der Waals surface area contributed by atoms with Crippen LogP contribution in [0.1, 0.15) is 170 Å². The lowest BCUT2D eigenvalue weighted by molar-refractivity contribution is 0.131. The lowest BCUT2D eigenvalue weighted by Gasteiger charge is -2.02. The van der Waals surface area contributed by atoms with Gasteiger partial charge in [-0.15, -0.1) is 5.16 Å². The van der Waals surface area contributed by atoms with Crippen molar-refractivity contribution in [3.63, 3.8) is 0 Å². The molecule has 0 aromatic rings. The number of nitrogens with two attached hydrogens (primary N) is 6. The molecule has 0 heterocycles. The number of hydrazine groups is 1. The van der Waals surface area contributed by atoms with Crippen LogP contribution in [0.5, 0.6) is 0 Å². The molecule has 0 bridgehead atoms. The Morgan fingerprint density at radius 2 is 1.10 bits per heavy atom. The number of oxime groups is 1. The highest BCUT2D eigenvalue weighted by Gasteiger charge is 1.92. The van der Waals surface area contributed by atoms with Crippen LogP contribution in [0, 0.1) is 17.2 Å². The fraction of sp³-hybridized carbons (Fsp3) is 0.917. The van der Waals surface area contributed by atoms with Gasteiger partial charge in [-0.2, -0.15) is 0 Å². The standard InChI is InChI=1S/C5H13N3.C5H11NO.C5H13N.C4H12N2.C4H11NO.2C4H11N.C4H9N.CH4/c1-3-4(2)8-5(6)7;1-3-5(2)4-6-7;1-3-5(2)4-6;1-3-4(2)6-5;1-3-4(2)5-6;3*1-3-4(2)5;/h4H,3H2,1-2H3,(H4,6,7,8);4-5,7H,3H2,1-2H3;5H,3-4,6H2,1-2H3;4,6H,3,5H2,1-2H3;4-6H,3H2,1-2H3;2*4H,3,5H2,1-2H3;5H,3H2,1-2H3;1H4. The van der Waals surface area contributed by atoms with Crippen LogP contribution >= 0.6 is 0 Å². The van der Waals surface area contributed by atoms with Crippen molar-refractivity contribution in [2.24, 2.45) is 56.5 Å². The Morgan fingerprint density at radius 3 is 1.14 bits per heavy atom. The normalized spacial score (nSPS) is 13.4. The van der Waals surface area contributed by atoms with Gasteiger partial charge in [0, 0.05) is 36.1 Å². The molecule has 0 saturated heterocycles. The summed E-state index contributed by atoms with van der Waals surface area (Å²) < 4.78 is 0. The summed E-state index contributed by atoms with van der Waals surface area (Å²) in [5.41, 5.74) is 31.5. The molecule has 0 aliphatic rings. The monoisotopic (exact) mass is 714 g/mol. The van der Waals surface area contributed by atoms with E-state index in [1.165, 1.54) is 12.6 Å². The van der Waals surface area contributed by atoms with Crippen LogP contribution in [-0.2, 0) is 0 Å². The highest BCUT2D eigenvalue weighted by atomic mass is 16.5. The van der Waals surface area contributed by atoms with Crippen LogP contribution in [0.2, 0.25) is 0 Å². The topological polar surface area (TPSA) is 269 Å². The molecule has 0 aliphatic carbocycles. The number of aliphatic imine (C=N–C) groups is 1. The van der Waals surface area contributed by atoms with E-state index in [0.29, 0.717) is 30.0 Å².